The Morgan fingerprint density at radius 2 is 1.67 bits per heavy atom. The molecule has 0 atom stereocenters. The smallest absolute Gasteiger partial charge is 0.236 e. The van der Waals surface area contributed by atoms with Crippen LogP contribution in [0.5, 0.6) is 11.5 Å². The van der Waals surface area contributed by atoms with E-state index >= 15 is 0 Å². The van der Waals surface area contributed by atoms with Crippen molar-refractivity contribution >= 4 is 5.91 Å². The fourth-order valence-electron chi connectivity index (χ4n) is 3.65. The lowest BCUT2D eigenvalue weighted by Crippen LogP contribution is -2.49. The summed E-state index contributed by atoms with van der Waals surface area (Å²) in [6, 6.07) is 12.4. The zero-order valence-corrected chi connectivity index (χ0v) is 17.9. The zero-order valence-electron chi connectivity index (χ0n) is 17.9. The highest BCUT2D eigenvalue weighted by atomic mass is 19.1. The molecule has 30 heavy (non-hydrogen) atoms. The van der Waals surface area contributed by atoms with Crippen LogP contribution >= 0.6 is 0 Å². The molecule has 2 aromatic carbocycles. The summed E-state index contributed by atoms with van der Waals surface area (Å²) >= 11 is 0. The monoisotopic (exact) mass is 415 g/mol. The maximum Gasteiger partial charge on any atom is 0.236 e. The summed E-state index contributed by atoms with van der Waals surface area (Å²) in [5, 5.41) is 0. The SMILES string of the molecule is COc1ccc(CN2CCN(CC(=O)N(C)Cc3cccc(F)c3)CC2)cc1OC. The van der Waals surface area contributed by atoms with Gasteiger partial charge in [-0.1, -0.05) is 18.2 Å². The Morgan fingerprint density at radius 1 is 0.967 bits per heavy atom. The molecule has 2 aromatic rings. The van der Waals surface area contributed by atoms with Crippen LogP contribution in [0.2, 0.25) is 0 Å². The second-order valence-electron chi connectivity index (χ2n) is 7.62. The van der Waals surface area contributed by atoms with E-state index in [1.165, 1.54) is 17.7 Å². The second-order valence-corrected chi connectivity index (χ2v) is 7.62. The first-order valence-corrected chi connectivity index (χ1v) is 10.1. The Bertz CT molecular complexity index is 853. The van der Waals surface area contributed by atoms with E-state index in [-0.39, 0.29) is 11.7 Å². The fourth-order valence-corrected chi connectivity index (χ4v) is 3.65. The average molecular weight is 416 g/mol. The zero-order chi connectivity index (χ0) is 21.5. The summed E-state index contributed by atoms with van der Waals surface area (Å²) in [5.74, 6) is 1.24. The van der Waals surface area contributed by atoms with Crippen LogP contribution < -0.4 is 9.47 Å². The van der Waals surface area contributed by atoms with E-state index in [4.69, 9.17) is 9.47 Å². The Hall–Kier alpha value is -2.64. The minimum atomic E-state index is -0.279. The fraction of sp³-hybridized carbons (Fsp3) is 0.435. The predicted octanol–water partition coefficient (Wildman–Crippen LogP) is 2.62. The van der Waals surface area contributed by atoms with Crippen molar-refractivity contribution in [3.05, 3.63) is 59.4 Å². The van der Waals surface area contributed by atoms with Gasteiger partial charge in [0.1, 0.15) is 5.82 Å². The van der Waals surface area contributed by atoms with Crippen LogP contribution in [0, 0.1) is 5.82 Å². The summed E-state index contributed by atoms with van der Waals surface area (Å²) in [7, 11) is 5.04. The van der Waals surface area contributed by atoms with Crippen LogP contribution in [0.4, 0.5) is 4.39 Å². The van der Waals surface area contributed by atoms with E-state index < -0.39 is 0 Å². The lowest BCUT2D eigenvalue weighted by atomic mass is 10.1. The van der Waals surface area contributed by atoms with Gasteiger partial charge in [-0.2, -0.15) is 0 Å². The number of likely N-dealkylation sites (N-methyl/N-ethyl adjacent to an activating group) is 1. The number of hydrogen-bond donors (Lipinski definition) is 0. The Morgan fingerprint density at radius 3 is 2.33 bits per heavy atom. The second kappa shape index (κ2) is 10.4. The van der Waals surface area contributed by atoms with Gasteiger partial charge in [0.15, 0.2) is 11.5 Å². The number of ether oxygens (including phenoxy) is 2. The summed E-state index contributed by atoms with van der Waals surface area (Å²) < 4.78 is 24.0. The molecule has 1 heterocycles. The van der Waals surface area contributed by atoms with Gasteiger partial charge < -0.3 is 14.4 Å². The number of rotatable bonds is 8. The highest BCUT2D eigenvalue weighted by Gasteiger charge is 2.21. The normalized spacial score (nSPS) is 15.1. The number of nitrogens with zero attached hydrogens (tertiary/aromatic N) is 3. The van der Waals surface area contributed by atoms with Crippen LogP contribution in [0.25, 0.3) is 0 Å². The Kier molecular flexibility index (Phi) is 7.65. The minimum absolute atomic E-state index is 0.0487. The maximum absolute atomic E-state index is 13.3. The molecule has 3 rings (SSSR count). The summed E-state index contributed by atoms with van der Waals surface area (Å²) in [6.45, 7) is 5.11. The van der Waals surface area contributed by atoms with Crippen molar-refractivity contribution in [3.8, 4) is 11.5 Å². The minimum Gasteiger partial charge on any atom is -0.493 e. The van der Waals surface area contributed by atoms with Crippen LogP contribution in [-0.2, 0) is 17.9 Å². The molecule has 0 bridgehead atoms. The number of hydrogen-bond acceptors (Lipinski definition) is 5. The van der Waals surface area contributed by atoms with Crippen molar-refractivity contribution in [2.24, 2.45) is 0 Å². The highest BCUT2D eigenvalue weighted by molar-refractivity contribution is 5.78. The molecular weight excluding hydrogens is 385 g/mol. The molecule has 1 aliphatic rings. The van der Waals surface area contributed by atoms with Gasteiger partial charge in [0.25, 0.3) is 0 Å². The molecule has 0 N–H and O–H groups in total. The van der Waals surface area contributed by atoms with Gasteiger partial charge in [0, 0.05) is 46.3 Å². The van der Waals surface area contributed by atoms with E-state index in [0.717, 1.165) is 49.8 Å². The number of carbonyl (C=O) groups excluding carboxylic acids is 1. The van der Waals surface area contributed by atoms with Crippen molar-refractivity contribution in [3.63, 3.8) is 0 Å². The lowest BCUT2D eigenvalue weighted by molar-refractivity contribution is -0.132. The summed E-state index contributed by atoms with van der Waals surface area (Å²) in [6.07, 6.45) is 0. The summed E-state index contributed by atoms with van der Waals surface area (Å²) in [5.41, 5.74) is 1.97. The largest absolute Gasteiger partial charge is 0.493 e. The quantitative estimate of drug-likeness (QED) is 0.663. The number of amides is 1. The molecule has 0 saturated carbocycles. The predicted molar refractivity (Wildman–Crippen MR) is 114 cm³/mol. The van der Waals surface area contributed by atoms with Gasteiger partial charge in [0.2, 0.25) is 5.91 Å². The first-order valence-electron chi connectivity index (χ1n) is 10.1. The van der Waals surface area contributed by atoms with Gasteiger partial charge in [0.05, 0.1) is 20.8 Å². The van der Waals surface area contributed by atoms with Crippen molar-refractivity contribution in [2.45, 2.75) is 13.1 Å². The molecular formula is C23H30FN3O3. The number of halogens is 1. The summed E-state index contributed by atoms with van der Waals surface area (Å²) in [4.78, 5) is 18.8. The third kappa shape index (κ3) is 5.93. The van der Waals surface area contributed by atoms with Crippen molar-refractivity contribution in [2.75, 3.05) is 54.0 Å². The van der Waals surface area contributed by atoms with Gasteiger partial charge >= 0.3 is 0 Å². The maximum atomic E-state index is 13.3. The van der Waals surface area contributed by atoms with E-state index in [0.29, 0.717) is 13.1 Å². The Labute approximate surface area is 177 Å². The molecule has 1 amide bonds. The van der Waals surface area contributed by atoms with Gasteiger partial charge in [-0.15, -0.1) is 0 Å². The number of benzene rings is 2. The van der Waals surface area contributed by atoms with Gasteiger partial charge in [-0.3, -0.25) is 14.6 Å². The van der Waals surface area contributed by atoms with E-state index in [9.17, 15) is 9.18 Å². The lowest BCUT2D eigenvalue weighted by Gasteiger charge is -2.35. The highest BCUT2D eigenvalue weighted by Crippen LogP contribution is 2.28. The molecule has 1 aliphatic heterocycles. The van der Waals surface area contributed by atoms with Crippen LogP contribution in [0.3, 0.4) is 0 Å². The topological polar surface area (TPSA) is 45.2 Å². The molecule has 1 fully saturated rings. The van der Waals surface area contributed by atoms with Gasteiger partial charge in [-0.25, -0.2) is 4.39 Å². The van der Waals surface area contributed by atoms with E-state index in [1.807, 2.05) is 18.2 Å². The molecule has 1 saturated heterocycles. The third-order valence-electron chi connectivity index (χ3n) is 5.41. The van der Waals surface area contributed by atoms with Crippen molar-refractivity contribution < 1.29 is 18.7 Å². The van der Waals surface area contributed by atoms with Crippen molar-refractivity contribution in [1.29, 1.82) is 0 Å². The number of carbonyl (C=O) groups is 1. The standard InChI is InChI=1S/C23H30FN3O3/c1-25(15-18-5-4-6-20(24)13-18)23(28)17-27-11-9-26(10-12-27)16-19-7-8-21(29-2)22(14-19)30-3/h4-8,13-14H,9-12,15-17H2,1-3H3. The number of methoxy groups -OCH3 is 2. The molecule has 0 unspecified atom stereocenters. The van der Waals surface area contributed by atoms with Crippen LogP contribution in [0.15, 0.2) is 42.5 Å². The van der Waals surface area contributed by atoms with E-state index in [1.54, 1.807) is 32.2 Å². The molecule has 0 radical (unpaired) electrons. The van der Waals surface area contributed by atoms with Crippen molar-refractivity contribution in [1.82, 2.24) is 14.7 Å². The van der Waals surface area contributed by atoms with Gasteiger partial charge in [-0.05, 0) is 35.4 Å². The molecule has 6 nitrogen and oxygen atoms in total. The molecule has 7 heteroatoms. The molecule has 162 valence electrons. The number of piperazine rings is 1. The van der Waals surface area contributed by atoms with Crippen LogP contribution in [0.1, 0.15) is 11.1 Å². The first kappa shape index (κ1) is 22.1. The molecule has 0 aliphatic carbocycles. The van der Waals surface area contributed by atoms with Crippen LogP contribution in [-0.4, -0.2) is 74.6 Å². The Balaban J connectivity index is 1.45. The average Bonchev–Trinajstić information content (AvgIpc) is 2.75. The molecule has 0 spiro atoms. The third-order valence-corrected chi connectivity index (χ3v) is 5.41. The molecule has 0 aromatic heterocycles. The first-order chi connectivity index (χ1) is 14.5. The van der Waals surface area contributed by atoms with E-state index in [2.05, 4.69) is 15.9 Å².